The van der Waals surface area contributed by atoms with Gasteiger partial charge in [0.15, 0.2) is 0 Å². The Morgan fingerprint density at radius 2 is 2.27 bits per heavy atom. The molecule has 3 atom stereocenters. The van der Waals surface area contributed by atoms with Crippen molar-refractivity contribution in [3.63, 3.8) is 0 Å². The summed E-state index contributed by atoms with van der Waals surface area (Å²) in [5.74, 6) is 0.452. The highest BCUT2D eigenvalue weighted by Gasteiger charge is 2.49. The van der Waals surface area contributed by atoms with Gasteiger partial charge in [-0.2, -0.15) is 0 Å². The molecule has 0 amide bonds. The third kappa shape index (κ3) is 0.926. The standard InChI is InChI=1S/C9H17NO/c1-7-6-10-5-3-4-8(10)9(7,2)11/h7-8,11H,3-6H2,1-2H3/t7-,8+,9+/m1/s1. The van der Waals surface area contributed by atoms with Crippen molar-refractivity contribution in [2.75, 3.05) is 13.1 Å². The number of hydrogen-bond acceptors (Lipinski definition) is 2. The molecular weight excluding hydrogens is 138 g/mol. The van der Waals surface area contributed by atoms with E-state index in [0.717, 1.165) is 6.54 Å². The van der Waals surface area contributed by atoms with E-state index < -0.39 is 5.60 Å². The van der Waals surface area contributed by atoms with E-state index >= 15 is 0 Å². The largest absolute Gasteiger partial charge is 0.388 e. The van der Waals surface area contributed by atoms with Gasteiger partial charge in [0, 0.05) is 12.6 Å². The molecule has 1 N–H and O–H groups in total. The lowest BCUT2D eigenvalue weighted by atomic mass is 9.87. The molecule has 11 heavy (non-hydrogen) atoms. The second kappa shape index (κ2) is 2.20. The van der Waals surface area contributed by atoms with Crippen LogP contribution in [0.5, 0.6) is 0 Å². The van der Waals surface area contributed by atoms with Crippen LogP contribution in [-0.2, 0) is 0 Å². The Bertz CT molecular complexity index is 167. The summed E-state index contributed by atoms with van der Waals surface area (Å²) in [4.78, 5) is 2.44. The third-order valence-electron chi connectivity index (χ3n) is 3.54. The van der Waals surface area contributed by atoms with Crippen molar-refractivity contribution < 1.29 is 5.11 Å². The van der Waals surface area contributed by atoms with E-state index in [9.17, 15) is 5.11 Å². The molecule has 0 saturated carbocycles. The highest BCUT2D eigenvalue weighted by atomic mass is 16.3. The molecule has 2 aliphatic heterocycles. The average molecular weight is 155 g/mol. The SMILES string of the molecule is C[C@@H]1CN2CCC[C@H]2[C@@]1(C)O. The average Bonchev–Trinajstić information content (AvgIpc) is 2.41. The molecule has 2 fully saturated rings. The summed E-state index contributed by atoms with van der Waals surface area (Å²) in [6.45, 7) is 6.44. The van der Waals surface area contributed by atoms with E-state index in [0.29, 0.717) is 12.0 Å². The first kappa shape index (κ1) is 7.56. The van der Waals surface area contributed by atoms with Crippen molar-refractivity contribution in [3.05, 3.63) is 0 Å². The number of nitrogens with zero attached hydrogens (tertiary/aromatic N) is 1. The maximum atomic E-state index is 10.1. The summed E-state index contributed by atoms with van der Waals surface area (Å²) in [6.07, 6.45) is 2.46. The Balaban J connectivity index is 2.20. The van der Waals surface area contributed by atoms with Crippen LogP contribution in [0.2, 0.25) is 0 Å². The van der Waals surface area contributed by atoms with E-state index in [1.807, 2.05) is 6.92 Å². The Labute approximate surface area is 68.2 Å². The van der Waals surface area contributed by atoms with Gasteiger partial charge in [-0.25, -0.2) is 0 Å². The van der Waals surface area contributed by atoms with Crippen LogP contribution in [0.15, 0.2) is 0 Å². The summed E-state index contributed by atoms with van der Waals surface area (Å²) < 4.78 is 0. The number of aliphatic hydroxyl groups is 1. The zero-order valence-corrected chi connectivity index (χ0v) is 7.38. The smallest absolute Gasteiger partial charge is 0.0811 e. The van der Waals surface area contributed by atoms with Gasteiger partial charge in [-0.15, -0.1) is 0 Å². The van der Waals surface area contributed by atoms with Crippen LogP contribution in [0.1, 0.15) is 26.7 Å². The van der Waals surface area contributed by atoms with Gasteiger partial charge in [-0.05, 0) is 32.2 Å². The lowest BCUT2D eigenvalue weighted by Crippen LogP contribution is -2.41. The van der Waals surface area contributed by atoms with Crippen LogP contribution in [0.3, 0.4) is 0 Å². The van der Waals surface area contributed by atoms with Crippen molar-refractivity contribution >= 4 is 0 Å². The summed E-state index contributed by atoms with van der Waals surface area (Å²) in [6, 6.07) is 0.456. The molecule has 2 aliphatic rings. The molecule has 2 heteroatoms. The van der Waals surface area contributed by atoms with Gasteiger partial charge in [0.2, 0.25) is 0 Å². The molecule has 0 bridgehead atoms. The van der Waals surface area contributed by atoms with E-state index in [1.165, 1.54) is 19.4 Å². The van der Waals surface area contributed by atoms with E-state index in [2.05, 4.69) is 11.8 Å². The topological polar surface area (TPSA) is 23.5 Å². The quantitative estimate of drug-likeness (QED) is 0.560. The van der Waals surface area contributed by atoms with Crippen LogP contribution in [0, 0.1) is 5.92 Å². The lowest BCUT2D eigenvalue weighted by molar-refractivity contribution is 0.00380. The highest BCUT2D eigenvalue weighted by Crippen LogP contribution is 2.39. The fourth-order valence-electron chi connectivity index (χ4n) is 2.57. The molecule has 0 aliphatic carbocycles. The first-order valence-corrected chi connectivity index (χ1v) is 4.59. The second-order valence-electron chi connectivity index (χ2n) is 4.28. The highest BCUT2D eigenvalue weighted by molar-refractivity contribution is 5.03. The Kier molecular flexibility index (Phi) is 1.52. The molecule has 0 aromatic carbocycles. The summed E-state index contributed by atoms with van der Waals surface area (Å²) in [5, 5.41) is 10.1. The van der Waals surface area contributed by atoms with Gasteiger partial charge in [0.05, 0.1) is 5.60 Å². The third-order valence-corrected chi connectivity index (χ3v) is 3.54. The monoisotopic (exact) mass is 155 g/mol. The van der Waals surface area contributed by atoms with Gasteiger partial charge in [0.1, 0.15) is 0 Å². The van der Waals surface area contributed by atoms with Gasteiger partial charge in [-0.3, -0.25) is 4.90 Å². The zero-order valence-electron chi connectivity index (χ0n) is 7.38. The Morgan fingerprint density at radius 3 is 2.91 bits per heavy atom. The number of hydrogen-bond donors (Lipinski definition) is 1. The van der Waals surface area contributed by atoms with E-state index in [-0.39, 0.29) is 0 Å². The minimum Gasteiger partial charge on any atom is -0.388 e. The predicted octanol–water partition coefficient (Wildman–Crippen LogP) is 0.851. The van der Waals surface area contributed by atoms with Crippen molar-refractivity contribution in [2.24, 2.45) is 5.92 Å². The molecule has 64 valence electrons. The summed E-state index contributed by atoms with van der Waals surface area (Å²) in [7, 11) is 0. The summed E-state index contributed by atoms with van der Waals surface area (Å²) >= 11 is 0. The van der Waals surface area contributed by atoms with Crippen LogP contribution < -0.4 is 0 Å². The van der Waals surface area contributed by atoms with Gasteiger partial charge in [0.25, 0.3) is 0 Å². The summed E-state index contributed by atoms with van der Waals surface area (Å²) in [5.41, 5.74) is -0.420. The number of rotatable bonds is 0. The molecule has 0 aromatic rings. The van der Waals surface area contributed by atoms with E-state index in [4.69, 9.17) is 0 Å². The van der Waals surface area contributed by atoms with Gasteiger partial charge >= 0.3 is 0 Å². The first-order chi connectivity index (χ1) is 5.12. The zero-order chi connectivity index (χ0) is 8.06. The maximum absolute atomic E-state index is 10.1. The van der Waals surface area contributed by atoms with Crippen molar-refractivity contribution in [1.82, 2.24) is 4.90 Å². The molecular formula is C9H17NO. The van der Waals surface area contributed by atoms with Crippen LogP contribution in [0.4, 0.5) is 0 Å². The van der Waals surface area contributed by atoms with Crippen LogP contribution >= 0.6 is 0 Å². The molecule has 0 radical (unpaired) electrons. The molecule has 2 heterocycles. The molecule has 2 saturated heterocycles. The molecule has 0 spiro atoms. The Morgan fingerprint density at radius 1 is 1.55 bits per heavy atom. The van der Waals surface area contributed by atoms with Crippen LogP contribution in [0.25, 0.3) is 0 Å². The van der Waals surface area contributed by atoms with Crippen molar-refractivity contribution in [1.29, 1.82) is 0 Å². The molecule has 0 unspecified atom stereocenters. The van der Waals surface area contributed by atoms with Gasteiger partial charge in [-0.1, -0.05) is 6.92 Å². The maximum Gasteiger partial charge on any atom is 0.0811 e. The molecule has 2 nitrogen and oxygen atoms in total. The fraction of sp³-hybridized carbons (Fsp3) is 1.00. The lowest BCUT2D eigenvalue weighted by Gasteiger charge is -2.28. The molecule has 2 rings (SSSR count). The van der Waals surface area contributed by atoms with Crippen molar-refractivity contribution in [3.8, 4) is 0 Å². The fourth-order valence-corrected chi connectivity index (χ4v) is 2.57. The van der Waals surface area contributed by atoms with Gasteiger partial charge < -0.3 is 5.11 Å². The first-order valence-electron chi connectivity index (χ1n) is 4.59. The van der Waals surface area contributed by atoms with E-state index in [1.54, 1.807) is 0 Å². The van der Waals surface area contributed by atoms with Crippen LogP contribution in [-0.4, -0.2) is 34.7 Å². The second-order valence-corrected chi connectivity index (χ2v) is 4.28. The minimum atomic E-state index is -0.420. The predicted molar refractivity (Wildman–Crippen MR) is 44.4 cm³/mol. The normalized spacial score (nSPS) is 51.5. The molecule has 0 aromatic heterocycles. The minimum absolute atomic E-state index is 0.420. The number of fused-ring (bicyclic) bond motifs is 1. The van der Waals surface area contributed by atoms with Crippen molar-refractivity contribution in [2.45, 2.75) is 38.3 Å². The Hall–Kier alpha value is -0.0800.